The largest absolute Gasteiger partial charge is 0.456 e. The molecule has 0 aliphatic rings. The molecular formula is C17H16N2O. The second-order valence-corrected chi connectivity index (χ2v) is 4.57. The van der Waals surface area contributed by atoms with Crippen molar-refractivity contribution in [3.63, 3.8) is 0 Å². The van der Waals surface area contributed by atoms with E-state index in [1.807, 2.05) is 55.6 Å². The lowest BCUT2D eigenvalue weighted by Gasteiger charge is -2.12. The van der Waals surface area contributed by atoms with Crippen molar-refractivity contribution in [2.45, 2.75) is 6.54 Å². The average Bonchev–Trinajstić information content (AvgIpc) is 2.50. The van der Waals surface area contributed by atoms with Crippen LogP contribution in [0.3, 0.4) is 0 Å². The van der Waals surface area contributed by atoms with Crippen molar-refractivity contribution in [1.82, 2.24) is 10.3 Å². The van der Waals surface area contributed by atoms with Crippen molar-refractivity contribution < 1.29 is 4.74 Å². The second-order valence-electron chi connectivity index (χ2n) is 4.57. The molecule has 0 unspecified atom stereocenters. The Kier molecular flexibility index (Phi) is 3.61. The van der Waals surface area contributed by atoms with Gasteiger partial charge >= 0.3 is 0 Å². The number of aromatic nitrogens is 1. The molecule has 100 valence electrons. The van der Waals surface area contributed by atoms with E-state index in [2.05, 4.69) is 16.4 Å². The van der Waals surface area contributed by atoms with Crippen LogP contribution in [0.4, 0.5) is 0 Å². The molecule has 0 fully saturated rings. The molecule has 2 aromatic carbocycles. The number of hydrogen-bond donors (Lipinski definition) is 1. The maximum absolute atomic E-state index is 6.10. The normalized spacial score (nSPS) is 10.7. The van der Waals surface area contributed by atoms with E-state index in [0.29, 0.717) is 0 Å². The topological polar surface area (TPSA) is 34.1 Å². The molecule has 0 spiro atoms. The average molecular weight is 264 g/mol. The zero-order valence-electron chi connectivity index (χ0n) is 11.3. The van der Waals surface area contributed by atoms with E-state index in [1.54, 1.807) is 6.20 Å². The molecule has 3 rings (SSSR count). The van der Waals surface area contributed by atoms with Gasteiger partial charge in [-0.25, -0.2) is 0 Å². The van der Waals surface area contributed by atoms with Gasteiger partial charge in [-0.1, -0.05) is 24.3 Å². The van der Waals surface area contributed by atoms with Crippen LogP contribution in [0.1, 0.15) is 5.56 Å². The first kappa shape index (κ1) is 12.6. The number of nitrogens with zero attached hydrogens (tertiary/aromatic N) is 1. The summed E-state index contributed by atoms with van der Waals surface area (Å²) in [4.78, 5) is 4.35. The minimum Gasteiger partial charge on any atom is -0.456 e. The van der Waals surface area contributed by atoms with Gasteiger partial charge in [0.2, 0.25) is 0 Å². The van der Waals surface area contributed by atoms with E-state index in [0.717, 1.165) is 34.5 Å². The molecule has 0 atom stereocenters. The van der Waals surface area contributed by atoms with Crippen LogP contribution in [0.2, 0.25) is 0 Å². The van der Waals surface area contributed by atoms with Crippen LogP contribution in [0.15, 0.2) is 60.8 Å². The summed E-state index contributed by atoms with van der Waals surface area (Å²) in [5, 5.41) is 4.18. The van der Waals surface area contributed by atoms with Gasteiger partial charge in [0.25, 0.3) is 0 Å². The summed E-state index contributed by atoms with van der Waals surface area (Å²) in [6.07, 6.45) is 1.79. The molecule has 3 heteroatoms. The van der Waals surface area contributed by atoms with Crippen LogP contribution in [0.5, 0.6) is 11.5 Å². The van der Waals surface area contributed by atoms with Crippen LogP contribution in [0, 0.1) is 0 Å². The third-order valence-corrected chi connectivity index (χ3v) is 3.17. The lowest BCUT2D eigenvalue weighted by molar-refractivity contribution is 0.479. The van der Waals surface area contributed by atoms with E-state index < -0.39 is 0 Å². The fourth-order valence-electron chi connectivity index (χ4n) is 2.22. The van der Waals surface area contributed by atoms with Crippen LogP contribution in [0.25, 0.3) is 10.9 Å². The first-order chi connectivity index (χ1) is 9.88. The van der Waals surface area contributed by atoms with Gasteiger partial charge in [-0.05, 0) is 37.4 Å². The maximum atomic E-state index is 6.10. The van der Waals surface area contributed by atoms with Crippen molar-refractivity contribution in [3.8, 4) is 11.5 Å². The highest BCUT2D eigenvalue weighted by Crippen LogP contribution is 2.30. The standard InChI is InChI=1S/C17H16N2O/c1-18-12-13-6-2-3-9-16(13)20-17-10-4-8-15-14(17)7-5-11-19-15/h2-11,18H,12H2,1H3. The molecule has 3 nitrogen and oxygen atoms in total. The number of hydrogen-bond acceptors (Lipinski definition) is 3. The van der Waals surface area contributed by atoms with Gasteiger partial charge in [-0.2, -0.15) is 0 Å². The molecule has 1 aromatic heterocycles. The zero-order valence-corrected chi connectivity index (χ0v) is 11.3. The predicted octanol–water partition coefficient (Wildman–Crippen LogP) is 3.75. The Morgan fingerprint density at radius 2 is 1.80 bits per heavy atom. The fourth-order valence-corrected chi connectivity index (χ4v) is 2.22. The highest BCUT2D eigenvalue weighted by atomic mass is 16.5. The van der Waals surface area contributed by atoms with Gasteiger partial charge in [-0.15, -0.1) is 0 Å². The number of benzene rings is 2. The molecule has 20 heavy (non-hydrogen) atoms. The van der Waals surface area contributed by atoms with E-state index in [9.17, 15) is 0 Å². The molecule has 0 aliphatic heterocycles. The van der Waals surface area contributed by atoms with Gasteiger partial charge < -0.3 is 10.1 Å². The molecule has 0 bridgehead atoms. The Balaban J connectivity index is 2.01. The fraction of sp³-hybridized carbons (Fsp3) is 0.118. The minimum absolute atomic E-state index is 0.777. The first-order valence-electron chi connectivity index (χ1n) is 6.62. The Morgan fingerprint density at radius 3 is 2.70 bits per heavy atom. The monoisotopic (exact) mass is 264 g/mol. The van der Waals surface area contributed by atoms with Crippen molar-refractivity contribution in [3.05, 3.63) is 66.4 Å². The van der Waals surface area contributed by atoms with Crippen LogP contribution in [-0.2, 0) is 6.54 Å². The summed E-state index contributed by atoms with van der Waals surface area (Å²) in [5.74, 6) is 1.71. The quantitative estimate of drug-likeness (QED) is 0.779. The number of nitrogens with one attached hydrogen (secondary N) is 1. The van der Waals surface area contributed by atoms with Crippen molar-refractivity contribution in [2.75, 3.05) is 7.05 Å². The summed E-state index contributed by atoms with van der Waals surface area (Å²) in [7, 11) is 1.93. The summed E-state index contributed by atoms with van der Waals surface area (Å²) < 4.78 is 6.10. The minimum atomic E-state index is 0.777. The number of para-hydroxylation sites is 1. The maximum Gasteiger partial charge on any atom is 0.136 e. The van der Waals surface area contributed by atoms with E-state index in [1.165, 1.54) is 0 Å². The Bertz CT molecular complexity index is 720. The molecule has 0 aliphatic carbocycles. The van der Waals surface area contributed by atoms with Gasteiger partial charge in [0.15, 0.2) is 0 Å². The molecule has 0 radical (unpaired) electrons. The zero-order chi connectivity index (χ0) is 13.8. The van der Waals surface area contributed by atoms with Crippen molar-refractivity contribution >= 4 is 10.9 Å². The molecule has 3 aromatic rings. The van der Waals surface area contributed by atoms with Gasteiger partial charge in [-0.3, -0.25) is 4.98 Å². The molecule has 0 amide bonds. The number of ether oxygens (including phenoxy) is 1. The van der Waals surface area contributed by atoms with E-state index >= 15 is 0 Å². The van der Waals surface area contributed by atoms with Crippen molar-refractivity contribution in [1.29, 1.82) is 0 Å². The number of pyridine rings is 1. The highest BCUT2D eigenvalue weighted by molar-refractivity contribution is 5.85. The summed E-state index contributed by atoms with van der Waals surface area (Å²) >= 11 is 0. The van der Waals surface area contributed by atoms with Gasteiger partial charge in [0.1, 0.15) is 11.5 Å². The Hall–Kier alpha value is -2.39. The van der Waals surface area contributed by atoms with E-state index in [-0.39, 0.29) is 0 Å². The lowest BCUT2D eigenvalue weighted by Crippen LogP contribution is -2.06. The summed E-state index contributed by atoms with van der Waals surface area (Å²) in [6.45, 7) is 0.777. The van der Waals surface area contributed by atoms with Crippen molar-refractivity contribution in [2.24, 2.45) is 0 Å². The molecule has 0 saturated carbocycles. The summed E-state index contributed by atoms with van der Waals surface area (Å²) in [5.41, 5.74) is 2.08. The van der Waals surface area contributed by atoms with Crippen LogP contribution >= 0.6 is 0 Å². The number of rotatable bonds is 4. The second kappa shape index (κ2) is 5.72. The number of fused-ring (bicyclic) bond motifs is 1. The SMILES string of the molecule is CNCc1ccccc1Oc1cccc2ncccc12. The van der Waals surface area contributed by atoms with E-state index in [4.69, 9.17) is 4.74 Å². The molecule has 0 saturated heterocycles. The lowest BCUT2D eigenvalue weighted by atomic mass is 10.2. The first-order valence-corrected chi connectivity index (χ1v) is 6.62. The summed E-state index contributed by atoms with van der Waals surface area (Å²) in [6, 6.07) is 17.9. The predicted molar refractivity (Wildman–Crippen MR) is 81.0 cm³/mol. The third-order valence-electron chi connectivity index (χ3n) is 3.17. The third kappa shape index (κ3) is 2.49. The Morgan fingerprint density at radius 1 is 0.950 bits per heavy atom. The molecular weight excluding hydrogens is 248 g/mol. The highest BCUT2D eigenvalue weighted by Gasteiger charge is 2.06. The smallest absolute Gasteiger partial charge is 0.136 e. The Labute approximate surface area is 118 Å². The molecule has 1 heterocycles. The molecule has 1 N–H and O–H groups in total. The van der Waals surface area contributed by atoms with Crippen LogP contribution < -0.4 is 10.1 Å². The van der Waals surface area contributed by atoms with Gasteiger partial charge in [0.05, 0.1) is 5.52 Å². The van der Waals surface area contributed by atoms with Gasteiger partial charge in [0, 0.05) is 23.7 Å². The van der Waals surface area contributed by atoms with Crippen LogP contribution in [-0.4, -0.2) is 12.0 Å².